The van der Waals surface area contributed by atoms with Gasteiger partial charge in [-0.25, -0.2) is 0 Å². The molecule has 0 bridgehead atoms. The number of pyridine rings is 1. The Morgan fingerprint density at radius 3 is 2.90 bits per heavy atom. The second-order valence-corrected chi connectivity index (χ2v) is 1.50. The van der Waals surface area contributed by atoms with Gasteiger partial charge in [-0.3, -0.25) is 4.98 Å². The van der Waals surface area contributed by atoms with Crippen molar-refractivity contribution in [1.29, 1.82) is 0 Å². The Hall–Kier alpha value is -1.19. The van der Waals surface area contributed by atoms with E-state index in [1.54, 1.807) is 0 Å². The minimum atomic E-state index is -2.79. The maximum atomic E-state index is 11.5. The first-order chi connectivity index (χ1) is 4.79. The van der Waals surface area contributed by atoms with Gasteiger partial charge in [0.05, 0.1) is 6.20 Å². The molecule has 0 saturated carbocycles. The maximum absolute atomic E-state index is 11.5. The molecule has 1 aromatic rings. The van der Waals surface area contributed by atoms with Crippen LogP contribution in [0.1, 0.15) is 0 Å². The molecule has 53 valence electrons. The standard InChI is InChI=1S/C6H4F2NO/c7-6(8)10-5-2-1-3-9-4-5/h2-4,6H. The van der Waals surface area contributed by atoms with Crippen LogP contribution in [-0.4, -0.2) is 11.6 Å². The molecule has 10 heavy (non-hydrogen) atoms. The van der Waals surface area contributed by atoms with Crippen LogP contribution >= 0.6 is 0 Å². The molecule has 0 aliphatic heterocycles. The fourth-order valence-electron chi connectivity index (χ4n) is 0.478. The lowest BCUT2D eigenvalue weighted by Gasteiger charge is -2.00. The van der Waals surface area contributed by atoms with Gasteiger partial charge in [0, 0.05) is 12.3 Å². The highest BCUT2D eigenvalue weighted by Crippen LogP contribution is 2.09. The molecule has 0 aliphatic rings. The number of ether oxygens (including phenoxy) is 1. The van der Waals surface area contributed by atoms with E-state index < -0.39 is 6.61 Å². The first-order valence-corrected chi connectivity index (χ1v) is 2.55. The Bertz CT molecular complexity index is 190. The van der Waals surface area contributed by atoms with E-state index in [1.165, 1.54) is 18.5 Å². The van der Waals surface area contributed by atoms with Crippen molar-refractivity contribution < 1.29 is 13.5 Å². The van der Waals surface area contributed by atoms with Crippen LogP contribution in [0.15, 0.2) is 18.5 Å². The van der Waals surface area contributed by atoms with Crippen LogP contribution in [0.4, 0.5) is 8.78 Å². The number of rotatable bonds is 2. The summed E-state index contributed by atoms with van der Waals surface area (Å²) in [6.07, 6.45) is 2.56. The van der Waals surface area contributed by atoms with Crippen LogP contribution in [0.5, 0.6) is 5.75 Å². The van der Waals surface area contributed by atoms with Crippen LogP contribution in [0.25, 0.3) is 0 Å². The van der Waals surface area contributed by atoms with Gasteiger partial charge in [-0.05, 0) is 6.07 Å². The summed E-state index contributed by atoms with van der Waals surface area (Å²) in [6, 6.07) is 3.79. The largest absolute Gasteiger partial charge is 0.433 e. The Balaban J connectivity index is 2.59. The van der Waals surface area contributed by atoms with Gasteiger partial charge in [-0.15, -0.1) is 0 Å². The summed E-state index contributed by atoms with van der Waals surface area (Å²) in [4.78, 5) is 3.52. The SMILES string of the molecule is FC(F)Oc1c[c]cnc1. The molecular weight excluding hydrogens is 140 g/mol. The predicted molar refractivity (Wildman–Crippen MR) is 29.7 cm³/mol. The summed E-state index contributed by atoms with van der Waals surface area (Å²) < 4.78 is 26.9. The second kappa shape index (κ2) is 3.10. The number of nitrogens with zero attached hydrogens (tertiary/aromatic N) is 1. The molecule has 0 N–H and O–H groups in total. The quantitative estimate of drug-likeness (QED) is 0.627. The Kier molecular flexibility index (Phi) is 2.15. The summed E-state index contributed by atoms with van der Waals surface area (Å²) in [5, 5.41) is 0. The lowest BCUT2D eigenvalue weighted by Crippen LogP contribution is -2.01. The van der Waals surface area contributed by atoms with Crippen molar-refractivity contribution in [3.8, 4) is 5.75 Å². The minimum Gasteiger partial charge on any atom is -0.433 e. The van der Waals surface area contributed by atoms with E-state index in [2.05, 4.69) is 15.8 Å². The van der Waals surface area contributed by atoms with Crippen LogP contribution in [0, 0.1) is 6.07 Å². The molecule has 0 fully saturated rings. The zero-order valence-electron chi connectivity index (χ0n) is 4.92. The summed E-state index contributed by atoms with van der Waals surface area (Å²) in [6.45, 7) is -2.79. The van der Waals surface area contributed by atoms with Crippen molar-refractivity contribution in [2.45, 2.75) is 6.61 Å². The molecule has 1 heterocycles. The maximum Gasteiger partial charge on any atom is 0.387 e. The Labute approximate surface area is 56.5 Å². The molecule has 0 spiro atoms. The predicted octanol–water partition coefficient (Wildman–Crippen LogP) is 1.48. The highest BCUT2D eigenvalue weighted by atomic mass is 19.3. The Morgan fingerprint density at radius 1 is 1.60 bits per heavy atom. The molecule has 0 atom stereocenters. The van der Waals surface area contributed by atoms with Crippen LogP contribution in [0.3, 0.4) is 0 Å². The van der Waals surface area contributed by atoms with E-state index >= 15 is 0 Å². The molecule has 1 radical (unpaired) electrons. The number of hydrogen-bond acceptors (Lipinski definition) is 2. The molecule has 1 aromatic heterocycles. The van der Waals surface area contributed by atoms with Gasteiger partial charge in [-0.1, -0.05) is 0 Å². The molecule has 2 nitrogen and oxygen atoms in total. The molecule has 0 aromatic carbocycles. The van der Waals surface area contributed by atoms with E-state index in [-0.39, 0.29) is 5.75 Å². The number of hydrogen-bond donors (Lipinski definition) is 0. The van der Waals surface area contributed by atoms with Crippen molar-refractivity contribution in [2.75, 3.05) is 0 Å². The minimum absolute atomic E-state index is 0.0255. The Morgan fingerprint density at radius 2 is 2.40 bits per heavy atom. The van der Waals surface area contributed by atoms with Crippen LogP contribution in [0.2, 0.25) is 0 Å². The van der Waals surface area contributed by atoms with E-state index in [0.717, 1.165) is 0 Å². The van der Waals surface area contributed by atoms with Gasteiger partial charge < -0.3 is 4.74 Å². The van der Waals surface area contributed by atoms with Gasteiger partial charge in [-0.2, -0.15) is 8.78 Å². The third kappa shape index (κ3) is 1.97. The van der Waals surface area contributed by atoms with Gasteiger partial charge in [0.2, 0.25) is 0 Å². The lowest BCUT2D eigenvalue weighted by atomic mass is 10.5. The zero-order valence-corrected chi connectivity index (χ0v) is 4.92. The smallest absolute Gasteiger partial charge is 0.387 e. The number of halogens is 2. The lowest BCUT2D eigenvalue weighted by molar-refractivity contribution is -0.0500. The third-order valence-corrected chi connectivity index (χ3v) is 0.802. The van der Waals surface area contributed by atoms with Crippen molar-refractivity contribution in [1.82, 2.24) is 4.98 Å². The van der Waals surface area contributed by atoms with E-state index in [4.69, 9.17) is 0 Å². The molecule has 0 amide bonds. The fourth-order valence-corrected chi connectivity index (χ4v) is 0.478. The summed E-state index contributed by atoms with van der Waals surface area (Å²) >= 11 is 0. The highest BCUT2D eigenvalue weighted by Gasteiger charge is 2.01. The normalized spacial score (nSPS) is 9.90. The molecule has 1 rings (SSSR count). The fraction of sp³-hybridized carbons (Fsp3) is 0.167. The van der Waals surface area contributed by atoms with Crippen molar-refractivity contribution in [2.24, 2.45) is 0 Å². The second-order valence-electron chi connectivity index (χ2n) is 1.50. The molecule has 0 unspecified atom stereocenters. The van der Waals surface area contributed by atoms with Crippen molar-refractivity contribution in [3.05, 3.63) is 24.5 Å². The highest BCUT2D eigenvalue weighted by molar-refractivity contribution is 5.14. The summed E-state index contributed by atoms with van der Waals surface area (Å²) in [7, 11) is 0. The summed E-state index contributed by atoms with van der Waals surface area (Å²) in [5.41, 5.74) is 0. The van der Waals surface area contributed by atoms with Gasteiger partial charge in [0.25, 0.3) is 0 Å². The van der Waals surface area contributed by atoms with Gasteiger partial charge in [0.1, 0.15) is 5.75 Å². The van der Waals surface area contributed by atoms with Crippen molar-refractivity contribution >= 4 is 0 Å². The van der Waals surface area contributed by atoms with Gasteiger partial charge >= 0.3 is 6.61 Å². The molecular formula is C6H4F2NO. The average molecular weight is 144 g/mol. The topological polar surface area (TPSA) is 22.1 Å². The van der Waals surface area contributed by atoms with Crippen molar-refractivity contribution in [3.63, 3.8) is 0 Å². The number of aromatic nitrogens is 1. The van der Waals surface area contributed by atoms with Crippen LogP contribution < -0.4 is 4.74 Å². The third-order valence-electron chi connectivity index (χ3n) is 0.802. The zero-order chi connectivity index (χ0) is 7.40. The van der Waals surface area contributed by atoms with Crippen LogP contribution in [-0.2, 0) is 0 Å². The molecule has 4 heteroatoms. The summed E-state index contributed by atoms with van der Waals surface area (Å²) in [5.74, 6) is 0.0255. The first kappa shape index (κ1) is 6.92. The van der Waals surface area contributed by atoms with E-state index in [0.29, 0.717) is 0 Å². The first-order valence-electron chi connectivity index (χ1n) is 2.55. The molecule has 0 saturated heterocycles. The van der Waals surface area contributed by atoms with Gasteiger partial charge in [0.15, 0.2) is 0 Å². The number of alkyl halides is 2. The average Bonchev–Trinajstić information content (AvgIpc) is 1.88. The van der Waals surface area contributed by atoms with E-state index in [9.17, 15) is 8.78 Å². The molecule has 0 aliphatic carbocycles. The monoisotopic (exact) mass is 144 g/mol. The van der Waals surface area contributed by atoms with E-state index in [1.807, 2.05) is 0 Å².